The molecule has 0 aromatic carbocycles. The number of nitrogens with zero attached hydrogens (tertiary/aromatic N) is 3. The largest absolute Gasteiger partial charge is 0.469 e. The van der Waals surface area contributed by atoms with Crippen LogP contribution in [0.25, 0.3) is 5.65 Å². The van der Waals surface area contributed by atoms with Crippen LogP contribution in [-0.4, -0.2) is 46.4 Å². The van der Waals surface area contributed by atoms with Crippen molar-refractivity contribution in [3.05, 3.63) is 36.3 Å². The summed E-state index contributed by atoms with van der Waals surface area (Å²) in [6.07, 6.45) is 5.43. The van der Waals surface area contributed by atoms with Crippen LogP contribution in [0.1, 0.15) is 18.5 Å². The number of imidazole rings is 1. The molecule has 0 saturated carbocycles. The van der Waals surface area contributed by atoms with E-state index in [2.05, 4.69) is 4.98 Å². The molecule has 1 amide bonds. The topological polar surface area (TPSA) is 63.9 Å². The first-order valence-corrected chi connectivity index (χ1v) is 7.45. The van der Waals surface area contributed by atoms with Crippen LogP contribution in [-0.2, 0) is 20.7 Å². The third-order valence-electron chi connectivity index (χ3n) is 4.13. The van der Waals surface area contributed by atoms with Gasteiger partial charge in [-0.05, 0) is 25.0 Å². The van der Waals surface area contributed by atoms with Gasteiger partial charge in [-0.3, -0.25) is 9.59 Å². The highest BCUT2D eigenvalue weighted by Crippen LogP contribution is 2.19. The molecule has 3 rings (SSSR count). The normalized spacial score (nSPS) is 16.0. The molecule has 1 aliphatic heterocycles. The lowest BCUT2D eigenvalue weighted by molar-refractivity contribution is -0.148. The van der Waals surface area contributed by atoms with Gasteiger partial charge in [0.1, 0.15) is 5.65 Å². The minimum Gasteiger partial charge on any atom is -0.469 e. The zero-order valence-corrected chi connectivity index (χ0v) is 12.6. The van der Waals surface area contributed by atoms with Crippen LogP contribution in [0.5, 0.6) is 0 Å². The fourth-order valence-corrected chi connectivity index (χ4v) is 2.87. The summed E-state index contributed by atoms with van der Waals surface area (Å²) in [7, 11) is 1.41. The Bertz CT molecular complexity index is 654. The molecule has 3 heterocycles. The Labute approximate surface area is 128 Å². The lowest BCUT2D eigenvalue weighted by atomic mass is 9.97. The standard InChI is InChI=1S/C16H19N3O3/c1-22-16(21)12-5-8-18(9-6-12)15(20)10-13-11-19-7-3-2-4-14(19)17-13/h2-4,7,11-12H,5-6,8-10H2,1H3. The molecule has 0 unspecified atom stereocenters. The van der Waals surface area contributed by atoms with Crippen molar-refractivity contribution in [3.63, 3.8) is 0 Å². The van der Waals surface area contributed by atoms with Crippen molar-refractivity contribution in [2.75, 3.05) is 20.2 Å². The Morgan fingerprint density at radius 1 is 1.32 bits per heavy atom. The predicted molar refractivity (Wildman–Crippen MR) is 80.2 cm³/mol. The number of pyridine rings is 1. The van der Waals surface area contributed by atoms with E-state index < -0.39 is 0 Å². The number of hydrogen-bond acceptors (Lipinski definition) is 4. The maximum Gasteiger partial charge on any atom is 0.308 e. The first kappa shape index (κ1) is 14.6. The van der Waals surface area contributed by atoms with Gasteiger partial charge < -0.3 is 14.0 Å². The lowest BCUT2D eigenvalue weighted by Gasteiger charge is -2.30. The van der Waals surface area contributed by atoms with Crippen LogP contribution in [0.15, 0.2) is 30.6 Å². The van der Waals surface area contributed by atoms with Gasteiger partial charge in [0.15, 0.2) is 0 Å². The number of methoxy groups -OCH3 is 1. The number of carbonyl (C=O) groups is 2. The van der Waals surface area contributed by atoms with Crippen molar-refractivity contribution in [3.8, 4) is 0 Å². The van der Waals surface area contributed by atoms with Gasteiger partial charge in [-0.1, -0.05) is 6.07 Å². The maximum absolute atomic E-state index is 12.4. The van der Waals surface area contributed by atoms with Gasteiger partial charge in [0.2, 0.25) is 5.91 Å². The van der Waals surface area contributed by atoms with Crippen LogP contribution in [0, 0.1) is 5.92 Å². The molecule has 1 aliphatic rings. The Hall–Kier alpha value is -2.37. The maximum atomic E-state index is 12.4. The number of esters is 1. The van der Waals surface area contributed by atoms with E-state index in [4.69, 9.17) is 4.74 Å². The van der Waals surface area contributed by atoms with Crippen molar-refractivity contribution < 1.29 is 14.3 Å². The van der Waals surface area contributed by atoms with Crippen molar-refractivity contribution in [2.45, 2.75) is 19.3 Å². The fourth-order valence-electron chi connectivity index (χ4n) is 2.87. The minimum atomic E-state index is -0.174. The average Bonchev–Trinajstić information content (AvgIpc) is 2.96. The summed E-state index contributed by atoms with van der Waals surface area (Å²) in [6.45, 7) is 1.21. The number of fused-ring (bicyclic) bond motifs is 1. The zero-order chi connectivity index (χ0) is 15.5. The number of ether oxygens (including phenoxy) is 1. The van der Waals surface area contributed by atoms with E-state index in [0.717, 1.165) is 11.3 Å². The molecule has 6 nitrogen and oxygen atoms in total. The summed E-state index contributed by atoms with van der Waals surface area (Å²) in [5, 5.41) is 0. The molecule has 6 heteroatoms. The molecule has 0 bridgehead atoms. The second kappa shape index (κ2) is 6.17. The van der Waals surface area contributed by atoms with Gasteiger partial charge in [0, 0.05) is 25.5 Å². The van der Waals surface area contributed by atoms with E-state index in [1.165, 1.54) is 7.11 Å². The van der Waals surface area contributed by atoms with Crippen LogP contribution in [0.3, 0.4) is 0 Å². The highest BCUT2D eigenvalue weighted by molar-refractivity contribution is 5.79. The molecule has 1 fully saturated rings. The number of carbonyl (C=O) groups excluding carboxylic acids is 2. The summed E-state index contributed by atoms with van der Waals surface area (Å²) in [6, 6.07) is 5.76. The summed E-state index contributed by atoms with van der Waals surface area (Å²) < 4.78 is 6.67. The van der Waals surface area contributed by atoms with Gasteiger partial charge in [-0.25, -0.2) is 4.98 Å². The van der Waals surface area contributed by atoms with Crippen LogP contribution < -0.4 is 0 Å². The first-order chi connectivity index (χ1) is 10.7. The molecular weight excluding hydrogens is 282 g/mol. The SMILES string of the molecule is COC(=O)C1CCN(C(=O)Cc2cn3ccccc3n2)CC1. The third-order valence-corrected chi connectivity index (χ3v) is 4.13. The monoisotopic (exact) mass is 301 g/mol. The van der Waals surface area contributed by atoms with E-state index in [9.17, 15) is 9.59 Å². The van der Waals surface area contributed by atoms with E-state index in [0.29, 0.717) is 32.4 Å². The molecular formula is C16H19N3O3. The quantitative estimate of drug-likeness (QED) is 0.801. The number of hydrogen-bond donors (Lipinski definition) is 0. The molecule has 1 saturated heterocycles. The Kier molecular flexibility index (Phi) is 4.09. The van der Waals surface area contributed by atoms with Crippen molar-refractivity contribution in [2.24, 2.45) is 5.92 Å². The average molecular weight is 301 g/mol. The van der Waals surface area contributed by atoms with Gasteiger partial charge in [0.25, 0.3) is 0 Å². The number of rotatable bonds is 3. The van der Waals surface area contributed by atoms with Gasteiger partial charge in [-0.15, -0.1) is 0 Å². The van der Waals surface area contributed by atoms with E-state index in [1.54, 1.807) is 0 Å². The highest BCUT2D eigenvalue weighted by Gasteiger charge is 2.28. The Morgan fingerprint density at radius 2 is 2.09 bits per heavy atom. The van der Waals surface area contributed by atoms with Gasteiger partial charge >= 0.3 is 5.97 Å². The molecule has 2 aromatic rings. The molecule has 0 spiro atoms. The molecule has 116 valence electrons. The third kappa shape index (κ3) is 2.95. The van der Waals surface area contributed by atoms with E-state index in [1.807, 2.05) is 39.9 Å². The smallest absolute Gasteiger partial charge is 0.308 e. The number of aromatic nitrogens is 2. The van der Waals surface area contributed by atoms with Crippen molar-refractivity contribution >= 4 is 17.5 Å². The number of amides is 1. The summed E-state index contributed by atoms with van der Waals surface area (Å²) >= 11 is 0. The zero-order valence-electron chi connectivity index (χ0n) is 12.6. The lowest BCUT2D eigenvalue weighted by Crippen LogP contribution is -2.41. The summed E-state index contributed by atoms with van der Waals surface area (Å²) in [4.78, 5) is 30.1. The first-order valence-electron chi connectivity index (χ1n) is 7.45. The Balaban J connectivity index is 1.59. The van der Waals surface area contributed by atoms with Gasteiger partial charge in [-0.2, -0.15) is 0 Å². The number of piperidine rings is 1. The van der Waals surface area contributed by atoms with Crippen LogP contribution >= 0.6 is 0 Å². The fraction of sp³-hybridized carbons (Fsp3) is 0.438. The highest BCUT2D eigenvalue weighted by atomic mass is 16.5. The number of likely N-dealkylation sites (tertiary alicyclic amines) is 1. The molecule has 2 aromatic heterocycles. The van der Waals surface area contributed by atoms with Crippen LogP contribution in [0.4, 0.5) is 0 Å². The van der Waals surface area contributed by atoms with Gasteiger partial charge in [0.05, 0.1) is 25.1 Å². The summed E-state index contributed by atoms with van der Waals surface area (Å²) in [5.41, 5.74) is 1.61. The minimum absolute atomic E-state index is 0.0618. The predicted octanol–water partition coefficient (Wildman–Crippen LogP) is 1.29. The van der Waals surface area contributed by atoms with Crippen molar-refractivity contribution in [1.82, 2.24) is 14.3 Å². The van der Waals surface area contributed by atoms with E-state index in [-0.39, 0.29) is 17.8 Å². The molecule has 0 aliphatic carbocycles. The Morgan fingerprint density at radius 3 is 2.77 bits per heavy atom. The molecule has 0 atom stereocenters. The second-order valence-electron chi connectivity index (χ2n) is 5.55. The molecule has 0 radical (unpaired) electrons. The molecule has 22 heavy (non-hydrogen) atoms. The second-order valence-corrected chi connectivity index (χ2v) is 5.55. The van der Waals surface area contributed by atoms with E-state index >= 15 is 0 Å². The molecule has 0 N–H and O–H groups in total. The van der Waals surface area contributed by atoms with Crippen LogP contribution in [0.2, 0.25) is 0 Å². The van der Waals surface area contributed by atoms with Crippen molar-refractivity contribution in [1.29, 1.82) is 0 Å². The summed E-state index contributed by atoms with van der Waals surface area (Å²) in [5.74, 6) is -0.191.